The molecule has 0 radical (unpaired) electrons. The second kappa shape index (κ2) is 5.38. The molecule has 0 aromatic carbocycles. The summed E-state index contributed by atoms with van der Waals surface area (Å²) in [5, 5.41) is 15.9. The molecule has 1 saturated heterocycles. The Labute approximate surface area is 133 Å². The molecule has 0 aromatic heterocycles. The Morgan fingerprint density at radius 3 is 2.45 bits per heavy atom. The minimum atomic E-state index is -0.355. The van der Waals surface area contributed by atoms with Gasteiger partial charge in [-0.2, -0.15) is 0 Å². The van der Waals surface area contributed by atoms with Gasteiger partial charge in [0.15, 0.2) is 0 Å². The van der Waals surface area contributed by atoms with Crippen molar-refractivity contribution in [1.82, 2.24) is 10.6 Å². The number of carbonyl (C=O) groups is 1. The lowest BCUT2D eigenvalue weighted by Gasteiger charge is -2.32. The molecule has 2 amide bonds. The van der Waals surface area contributed by atoms with Crippen LogP contribution in [0.25, 0.3) is 0 Å². The normalized spacial score (nSPS) is 41.6. The van der Waals surface area contributed by atoms with Crippen LogP contribution in [0.1, 0.15) is 53.4 Å². The number of aliphatic hydroxyl groups excluding tert-OH is 1. The lowest BCUT2D eigenvalue weighted by Crippen LogP contribution is -2.54. The van der Waals surface area contributed by atoms with Gasteiger partial charge in [0.2, 0.25) is 0 Å². The van der Waals surface area contributed by atoms with Gasteiger partial charge >= 0.3 is 6.03 Å². The van der Waals surface area contributed by atoms with E-state index in [2.05, 4.69) is 24.5 Å². The molecule has 0 aromatic rings. The van der Waals surface area contributed by atoms with Crippen molar-refractivity contribution < 1.29 is 14.6 Å². The Kier molecular flexibility index (Phi) is 3.92. The number of hydrogen-bond donors (Lipinski definition) is 3. The van der Waals surface area contributed by atoms with Gasteiger partial charge in [-0.1, -0.05) is 0 Å². The molecule has 22 heavy (non-hydrogen) atoms. The van der Waals surface area contributed by atoms with E-state index < -0.39 is 0 Å². The van der Waals surface area contributed by atoms with E-state index in [1.165, 1.54) is 12.8 Å². The van der Waals surface area contributed by atoms with Crippen LogP contribution in [-0.4, -0.2) is 41.0 Å². The summed E-state index contributed by atoms with van der Waals surface area (Å²) < 4.78 is 6.03. The van der Waals surface area contributed by atoms with E-state index in [0.717, 1.165) is 12.8 Å². The molecule has 3 rings (SSSR count). The molecule has 126 valence electrons. The average Bonchev–Trinajstić information content (AvgIpc) is 3.01. The van der Waals surface area contributed by atoms with Crippen molar-refractivity contribution in [2.75, 3.05) is 6.61 Å². The first-order chi connectivity index (χ1) is 10.2. The first-order valence-electron chi connectivity index (χ1n) is 8.60. The van der Waals surface area contributed by atoms with Gasteiger partial charge in [0.05, 0.1) is 17.2 Å². The summed E-state index contributed by atoms with van der Waals surface area (Å²) in [6.07, 6.45) is 4.35. The third-order valence-electron chi connectivity index (χ3n) is 5.98. The second-order valence-corrected chi connectivity index (χ2v) is 8.55. The predicted molar refractivity (Wildman–Crippen MR) is 84.5 cm³/mol. The van der Waals surface area contributed by atoms with Crippen molar-refractivity contribution in [3.63, 3.8) is 0 Å². The van der Waals surface area contributed by atoms with Gasteiger partial charge in [0.1, 0.15) is 0 Å². The Hall–Kier alpha value is -0.810. The Balaban J connectivity index is 1.59. The van der Waals surface area contributed by atoms with Crippen molar-refractivity contribution in [3.8, 4) is 0 Å². The van der Waals surface area contributed by atoms with E-state index in [1.54, 1.807) is 0 Å². The number of urea groups is 1. The molecule has 5 nitrogen and oxygen atoms in total. The zero-order valence-corrected chi connectivity index (χ0v) is 14.2. The van der Waals surface area contributed by atoms with Gasteiger partial charge in [0.25, 0.3) is 0 Å². The number of hydrogen-bond acceptors (Lipinski definition) is 3. The topological polar surface area (TPSA) is 70.6 Å². The molecule has 5 atom stereocenters. The van der Waals surface area contributed by atoms with E-state index in [9.17, 15) is 9.90 Å². The van der Waals surface area contributed by atoms with Gasteiger partial charge in [-0.25, -0.2) is 4.79 Å². The average molecular weight is 310 g/mol. The highest BCUT2D eigenvalue weighted by Crippen LogP contribution is 2.48. The molecule has 3 N–H and O–H groups in total. The van der Waals surface area contributed by atoms with Gasteiger partial charge in [0, 0.05) is 18.6 Å². The quantitative estimate of drug-likeness (QED) is 0.747. The maximum absolute atomic E-state index is 12.4. The molecule has 5 heteroatoms. The maximum Gasteiger partial charge on any atom is 0.315 e. The molecule has 2 saturated carbocycles. The fraction of sp³-hybridized carbons (Fsp3) is 0.941. The van der Waals surface area contributed by atoms with Crippen LogP contribution in [-0.2, 0) is 4.74 Å². The van der Waals surface area contributed by atoms with E-state index in [-0.39, 0.29) is 41.8 Å². The van der Waals surface area contributed by atoms with Crippen LogP contribution >= 0.6 is 0 Å². The molecule has 5 unspecified atom stereocenters. The van der Waals surface area contributed by atoms with Crippen LogP contribution in [0.15, 0.2) is 0 Å². The van der Waals surface area contributed by atoms with E-state index in [4.69, 9.17) is 4.74 Å². The molecule has 3 aliphatic rings. The summed E-state index contributed by atoms with van der Waals surface area (Å²) in [6, 6.07) is 0.0197. The molecule has 1 heterocycles. The van der Waals surface area contributed by atoms with Crippen LogP contribution in [0.5, 0.6) is 0 Å². The second-order valence-electron chi connectivity index (χ2n) is 8.55. The molecule has 2 aliphatic carbocycles. The molecule has 2 bridgehead atoms. The number of aliphatic hydroxyl groups is 1. The summed E-state index contributed by atoms with van der Waals surface area (Å²) in [5.41, 5.74) is -0.562. The van der Waals surface area contributed by atoms with E-state index >= 15 is 0 Å². The smallest absolute Gasteiger partial charge is 0.315 e. The molecule has 1 aliphatic heterocycles. The van der Waals surface area contributed by atoms with E-state index in [0.29, 0.717) is 11.8 Å². The van der Waals surface area contributed by atoms with Gasteiger partial charge in [-0.05, 0) is 65.2 Å². The summed E-state index contributed by atoms with van der Waals surface area (Å²) in [4.78, 5) is 12.4. The Morgan fingerprint density at radius 2 is 1.86 bits per heavy atom. The molecule has 0 spiro atoms. The fourth-order valence-corrected chi connectivity index (χ4v) is 5.04. The summed E-state index contributed by atoms with van der Waals surface area (Å²) in [6.45, 7) is 8.36. The van der Waals surface area contributed by atoms with Crippen LogP contribution < -0.4 is 10.6 Å². The first-order valence-corrected chi connectivity index (χ1v) is 8.60. The Bertz CT molecular complexity index is 443. The zero-order chi connectivity index (χ0) is 16.1. The third kappa shape index (κ3) is 2.85. The van der Waals surface area contributed by atoms with Crippen molar-refractivity contribution in [1.29, 1.82) is 0 Å². The van der Waals surface area contributed by atoms with Crippen LogP contribution in [0, 0.1) is 17.8 Å². The highest BCUT2D eigenvalue weighted by Gasteiger charge is 2.49. The zero-order valence-electron chi connectivity index (χ0n) is 14.2. The minimum absolute atomic E-state index is 0.00803. The molecular formula is C17H30N2O3. The van der Waals surface area contributed by atoms with Crippen LogP contribution in [0.4, 0.5) is 4.79 Å². The summed E-state index contributed by atoms with van der Waals surface area (Å²) in [7, 11) is 0. The van der Waals surface area contributed by atoms with Crippen molar-refractivity contribution in [3.05, 3.63) is 0 Å². The summed E-state index contributed by atoms with van der Waals surface area (Å²) >= 11 is 0. The van der Waals surface area contributed by atoms with Gasteiger partial charge < -0.3 is 20.5 Å². The van der Waals surface area contributed by atoms with Gasteiger partial charge in [-0.3, -0.25) is 0 Å². The minimum Gasteiger partial charge on any atom is -0.396 e. The lowest BCUT2D eigenvalue weighted by molar-refractivity contribution is -0.0691. The fourth-order valence-electron chi connectivity index (χ4n) is 5.04. The van der Waals surface area contributed by atoms with Crippen LogP contribution in [0.2, 0.25) is 0 Å². The largest absolute Gasteiger partial charge is 0.396 e. The number of carbonyl (C=O) groups excluding carboxylic acids is 1. The highest BCUT2D eigenvalue weighted by molar-refractivity contribution is 5.75. The van der Waals surface area contributed by atoms with Crippen LogP contribution in [0.3, 0.4) is 0 Å². The highest BCUT2D eigenvalue weighted by atomic mass is 16.5. The molecular weight excluding hydrogens is 280 g/mol. The monoisotopic (exact) mass is 310 g/mol. The Morgan fingerprint density at radius 1 is 1.18 bits per heavy atom. The lowest BCUT2D eigenvalue weighted by atomic mass is 9.85. The number of nitrogens with one attached hydrogen (secondary N) is 2. The van der Waals surface area contributed by atoms with Crippen molar-refractivity contribution in [2.24, 2.45) is 17.8 Å². The van der Waals surface area contributed by atoms with E-state index in [1.807, 2.05) is 13.8 Å². The number of fused-ring (bicyclic) bond motifs is 2. The van der Waals surface area contributed by atoms with Crippen molar-refractivity contribution in [2.45, 2.75) is 76.7 Å². The molecule has 3 fully saturated rings. The number of rotatable bonds is 3. The SMILES string of the molecule is CC1(C)CC(NC(=O)NC2C3CCC(C3)C2CO)C(C)(C)O1. The van der Waals surface area contributed by atoms with Gasteiger partial charge in [-0.15, -0.1) is 0 Å². The predicted octanol–water partition coefficient (Wildman–Crippen LogP) is 2.04. The number of amides is 2. The standard InChI is InChI=1S/C17H30N2O3/c1-16(2)8-13(17(3,4)22-16)18-15(21)19-14-11-6-5-10(7-11)12(14)9-20/h10-14,20H,5-9H2,1-4H3,(H2,18,19,21). The number of ether oxygens (including phenoxy) is 1. The first kappa shape index (κ1) is 16.1. The van der Waals surface area contributed by atoms with Crippen molar-refractivity contribution >= 4 is 6.03 Å². The summed E-state index contributed by atoms with van der Waals surface area (Å²) in [5.74, 6) is 1.36. The third-order valence-corrected chi connectivity index (χ3v) is 5.98. The maximum atomic E-state index is 12.4.